The Kier molecular flexibility index (Phi) is 9.22. The number of hydrogen-bond acceptors (Lipinski definition) is 7. The number of carbonyl (C=O) groups is 1. The highest BCUT2D eigenvalue weighted by atomic mass is 32.2. The SMILES string of the molecule is CCOC=O.Cc1ccc(C)c(C#CC2=CCSc3c(NCCO)ncnc32)c1. The van der Waals surface area contributed by atoms with Crippen molar-refractivity contribution in [2.75, 3.05) is 30.8 Å². The fourth-order valence-corrected chi connectivity index (χ4v) is 3.47. The first-order valence-corrected chi connectivity index (χ1v) is 10.3. The molecule has 0 spiro atoms. The molecule has 2 N–H and O–H groups in total. The second-order valence-electron chi connectivity index (χ2n) is 6.10. The summed E-state index contributed by atoms with van der Waals surface area (Å²) in [4.78, 5) is 18.9. The van der Waals surface area contributed by atoms with Gasteiger partial charge in [0, 0.05) is 23.4 Å². The molecule has 0 unspecified atom stereocenters. The number of allylic oxidation sites excluding steroid dienone is 1. The Hall–Kier alpha value is -2.82. The summed E-state index contributed by atoms with van der Waals surface area (Å²) in [5.41, 5.74) is 5.21. The van der Waals surface area contributed by atoms with Crippen molar-refractivity contribution in [3.05, 3.63) is 53.0 Å². The lowest BCUT2D eigenvalue weighted by Gasteiger charge is -2.16. The molecule has 152 valence electrons. The molecule has 0 saturated carbocycles. The van der Waals surface area contributed by atoms with E-state index in [1.807, 2.05) is 0 Å². The van der Waals surface area contributed by atoms with Crippen molar-refractivity contribution in [1.82, 2.24) is 9.97 Å². The minimum atomic E-state index is 0.0680. The molecule has 1 aliphatic rings. The van der Waals surface area contributed by atoms with Gasteiger partial charge in [-0.05, 0) is 38.0 Å². The van der Waals surface area contributed by atoms with Gasteiger partial charge >= 0.3 is 0 Å². The van der Waals surface area contributed by atoms with Crippen LogP contribution in [0, 0.1) is 25.7 Å². The van der Waals surface area contributed by atoms with Gasteiger partial charge in [0.1, 0.15) is 12.1 Å². The molecule has 0 saturated heterocycles. The van der Waals surface area contributed by atoms with Crippen molar-refractivity contribution in [1.29, 1.82) is 0 Å². The van der Waals surface area contributed by atoms with Crippen molar-refractivity contribution in [2.45, 2.75) is 25.7 Å². The number of nitrogens with zero attached hydrogens (tertiary/aromatic N) is 2. The lowest BCUT2D eigenvalue weighted by Crippen LogP contribution is -2.10. The van der Waals surface area contributed by atoms with E-state index in [2.05, 4.69) is 70.0 Å². The molecule has 7 heteroatoms. The number of rotatable bonds is 5. The molecule has 1 aliphatic heterocycles. The van der Waals surface area contributed by atoms with E-state index in [1.54, 1.807) is 18.7 Å². The molecule has 2 aromatic rings. The van der Waals surface area contributed by atoms with E-state index in [1.165, 1.54) is 17.5 Å². The van der Waals surface area contributed by atoms with Gasteiger partial charge in [0.05, 0.1) is 23.8 Å². The van der Waals surface area contributed by atoms with Crippen LogP contribution in [0.2, 0.25) is 0 Å². The Balaban J connectivity index is 0.000000537. The first kappa shape index (κ1) is 22.5. The maximum absolute atomic E-state index is 9.18. The summed E-state index contributed by atoms with van der Waals surface area (Å²) in [5, 5.41) is 12.1. The van der Waals surface area contributed by atoms with Gasteiger partial charge in [-0.3, -0.25) is 4.79 Å². The van der Waals surface area contributed by atoms with Crippen LogP contribution >= 0.6 is 11.8 Å². The monoisotopic (exact) mass is 411 g/mol. The third kappa shape index (κ3) is 6.63. The third-order valence-electron chi connectivity index (χ3n) is 3.94. The molecule has 0 fully saturated rings. The zero-order chi connectivity index (χ0) is 21.1. The minimum Gasteiger partial charge on any atom is -0.468 e. The first-order valence-electron chi connectivity index (χ1n) is 9.28. The number of aliphatic hydroxyl groups is 1. The molecule has 0 amide bonds. The number of aryl methyl sites for hydroxylation is 2. The number of anilines is 1. The number of aliphatic hydroxyl groups excluding tert-OH is 1. The van der Waals surface area contributed by atoms with E-state index in [4.69, 9.17) is 5.11 Å². The number of nitrogens with one attached hydrogen (secondary N) is 1. The van der Waals surface area contributed by atoms with Crippen molar-refractivity contribution < 1.29 is 14.6 Å². The largest absolute Gasteiger partial charge is 0.468 e. The standard InChI is InChI=1S/C19H19N3OS.C3H6O2/c1-13-3-4-14(2)16(11-13)6-5-15-7-10-24-18-17(15)21-12-22-19(18)20-8-9-23;1-2-5-3-4/h3-4,7,11-12,23H,8-10H2,1-2H3,(H,20,21,22);3H,2H2,1H3. The minimum absolute atomic E-state index is 0.0680. The molecule has 6 nitrogen and oxygen atoms in total. The normalized spacial score (nSPS) is 11.7. The Morgan fingerprint density at radius 1 is 1.31 bits per heavy atom. The van der Waals surface area contributed by atoms with Gasteiger partial charge in [-0.25, -0.2) is 9.97 Å². The van der Waals surface area contributed by atoms with E-state index in [-0.39, 0.29) is 6.61 Å². The second-order valence-corrected chi connectivity index (χ2v) is 7.13. The molecule has 29 heavy (non-hydrogen) atoms. The second kappa shape index (κ2) is 11.9. The Labute approximate surface area is 175 Å². The van der Waals surface area contributed by atoms with Crippen LogP contribution in [0.3, 0.4) is 0 Å². The highest BCUT2D eigenvalue weighted by Gasteiger charge is 2.17. The Bertz CT molecular complexity index is 933. The Morgan fingerprint density at radius 2 is 2.14 bits per heavy atom. The molecule has 0 radical (unpaired) electrons. The summed E-state index contributed by atoms with van der Waals surface area (Å²) in [7, 11) is 0. The quantitative estimate of drug-likeness (QED) is 0.577. The highest BCUT2D eigenvalue weighted by Crippen LogP contribution is 2.35. The predicted molar refractivity (Wildman–Crippen MR) is 117 cm³/mol. The number of ether oxygens (including phenoxy) is 1. The summed E-state index contributed by atoms with van der Waals surface area (Å²) in [6, 6.07) is 6.30. The number of fused-ring (bicyclic) bond motifs is 1. The van der Waals surface area contributed by atoms with Gasteiger partial charge in [0.2, 0.25) is 0 Å². The van der Waals surface area contributed by atoms with Gasteiger partial charge < -0.3 is 15.2 Å². The smallest absolute Gasteiger partial charge is 0.293 e. The van der Waals surface area contributed by atoms with Crippen molar-refractivity contribution in [3.8, 4) is 11.8 Å². The van der Waals surface area contributed by atoms with Crippen molar-refractivity contribution in [3.63, 3.8) is 0 Å². The van der Waals surface area contributed by atoms with Crippen LogP contribution in [-0.2, 0) is 9.53 Å². The fourth-order valence-electron chi connectivity index (χ4n) is 2.49. The molecular formula is C22H25N3O3S. The van der Waals surface area contributed by atoms with Gasteiger partial charge in [-0.15, -0.1) is 11.8 Å². The molecule has 0 atom stereocenters. The molecular weight excluding hydrogens is 386 g/mol. The van der Waals surface area contributed by atoms with Gasteiger partial charge in [-0.2, -0.15) is 0 Å². The third-order valence-corrected chi connectivity index (χ3v) is 4.95. The average molecular weight is 412 g/mol. The van der Waals surface area contributed by atoms with E-state index in [0.717, 1.165) is 33.3 Å². The zero-order valence-electron chi connectivity index (χ0n) is 16.9. The van der Waals surface area contributed by atoms with Crippen molar-refractivity contribution >= 4 is 29.6 Å². The van der Waals surface area contributed by atoms with Crippen LogP contribution in [-0.4, -0.2) is 47.1 Å². The fraction of sp³-hybridized carbons (Fsp3) is 0.318. The highest BCUT2D eigenvalue weighted by molar-refractivity contribution is 7.99. The first-order chi connectivity index (χ1) is 14.1. The average Bonchev–Trinajstić information content (AvgIpc) is 2.74. The predicted octanol–water partition coefficient (Wildman–Crippen LogP) is 3.22. The maximum Gasteiger partial charge on any atom is 0.293 e. The van der Waals surface area contributed by atoms with E-state index in [0.29, 0.717) is 19.6 Å². The maximum atomic E-state index is 9.18. The summed E-state index contributed by atoms with van der Waals surface area (Å²) in [6.45, 7) is 7.35. The lowest BCUT2D eigenvalue weighted by molar-refractivity contribution is -0.128. The van der Waals surface area contributed by atoms with Crippen LogP contribution in [0.5, 0.6) is 0 Å². The van der Waals surface area contributed by atoms with E-state index >= 15 is 0 Å². The molecule has 1 aromatic heterocycles. The number of carbonyl (C=O) groups excluding carboxylic acids is 1. The van der Waals surface area contributed by atoms with Crippen LogP contribution < -0.4 is 5.32 Å². The van der Waals surface area contributed by atoms with Crippen molar-refractivity contribution in [2.24, 2.45) is 0 Å². The number of aromatic nitrogens is 2. The molecule has 1 aromatic carbocycles. The van der Waals surface area contributed by atoms with Crippen LogP contribution in [0.4, 0.5) is 5.82 Å². The molecule has 0 bridgehead atoms. The summed E-state index contributed by atoms with van der Waals surface area (Å²) >= 11 is 1.68. The number of benzene rings is 1. The van der Waals surface area contributed by atoms with E-state index < -0.39 is 0 Å². The number of thioether (sulfide) groups is 1. The summed E-state index contributed by atoms with van der Waals surface area (Å²) < 4.78 is 4.15. The summed E-state index contributed by atoms with van der Waals surface area (Å²) in [5.74, 6) is 8.15. The lowest BCUT2D eigenvalue weighted by atomic mass is 10.0. The van der Waals surface area contributed by atoms with Gasteiger partial charge in [-0.1, -0.05) is 30.0 Å². The van der Waals surface area contributed by atoms with Gasteiger partial charge in [0.25, 0.3) is 6.47 Å². The molecule has 3 rings (SSSR count). The topological polar surface area (TPSA) is 84.3 Å². The van der Waals surface area contributed by atoms with Crippen LogP contribution in [0.1, 0.15) is 29.3 Å². The van der Waals surface area contributed by atoms with Gasteiger partial charge in [0.15, 0.2) is 0 Å². The van der Waals surface area contributed by atoms with Crippen LogP contribution in [0.25, 0.3) is 5.57 Å². The molecule has 2 heterocycles. The number of hydrogen-bond donors (Lipinski definition) is 2. The molecule has 0 aliphatic carbocycles. The Morgan fingerprint density at radius 3 is 2.83 bits per heavy atom. The zero-order valence-corrected chi connectivity index (χ0v) is 17.7. The van der Waals surface area contributed by atoms with Crippen LogP contribution in [0.15, 0.2) is 35.5 Å². The summed E-state index contributed by atoms with van der Waals surface area (Å²) in [6.07, 6.45) is 3.64. The van der Waals surface area contributed by atoms with E-state index in [9.17, 15) is 4.79 Å².